The molecule has 3 heterocycles. The van der Waals surface area contributed by atoms with Gasteiger partial charge in [-0.25, -0.2) is 4.98 Å². The molecule has 1 saturated carbocycles. The first-order valence-electron chi connectivity index (χ1n) is 9.86. The van der Waals surface area contributed by atoms with Crippen molar-refractivity contribution in [3.63, 3.8) is 0 Å². The second-order valence-corrected chi connectivity index (χ2v) is 8.54. The summed E-state index contributed by atoms with van der Waals surface area (Å²) >= 11 is 1.49. The number of rotatable bonds is 4. The third-order valence-corrected chi connectivity index (χ3v) is 6.69. The lowest BCUT2D eigenvalue weighted by Gasteiger charge is -2.23. The van der Waals surface area contributed by atoms with Gasteiger partial charge in [0, 0.05) is 25.2 Å². The zero-order valence-corrected chi connectivity index (χ0v) is 16.1. The summed E-state index contributed by atoms with van der Waals surface area (Å²) < 4.78 is 2.46. The molecule has 1 N–H and O–H groups in total. The van der Waals surface area contributed by atoms with Crippen LogP contribution in [-0.4, -0.2) is 34.6 Å². The van der Waals surface area contributed by atoms with E-state index in [-0.39, 0.29) is 11.9 Å². The van der Waals surface area contributed by atoms with Crippen LogP contribution in [0.1, 0.15) is 47.8 Å². The maximum atomic E-state index is 12.4. The van der Waals surface area contributed by atoms with Crippen LogP contribution in [-0.2, 0) is 0 Å². The van der Waals surface area contributed by atoms with Gasteiger partial charge in [-0.2, -0.15) is 0 Å². The Morgan fingerprint density at radius 1 is 1.11 bits per heavy atom. The van der Waals surface area contributed by atoms with Crippen LogP contribution in [0.3, 0.4) is 0 Å². The van der Waals surface area contributed by atoms with Crippen molar-refractivity contribution < 1.29 is 4.79 Å². The predicted octanol–water partition coefficient (Wildman–Crippen LogP) is 4.22. The highest BCUT2D eigenvalue weighted by Gasteiger charge is 2.30. The highest BCUT2D eigenvalue weighted by Crippen LogP contribution is 2.37. The Morgan fingerprint density at radius 3 is 2.78 bits per heavy atom. The summed E-state index contributed by atoms with van der Waals surface area (Å²) in [4.78, 5) is 20.5. The van der Waals surface area contributed by atoms with E-state index in [0.717, 1.165) is 35.9 Å². The summed E-state index contributed by atoms with van der Waals surface area (Å²) in [5.74, 6) is 1.12. The second kappa shape index (κ2) is 7.00. The van der Waals surface area contributed by atoms with Gasteiger partial charge < -0.3 is 14.8 Å². The minimum absolute atomic E-state index is 0.0427. The molecule has 1 amide bonds. The number of amides is 1. The van der Waals surface area contributed by atoms with Gasteiger partial charge in [0.25, 0.3) is 5.91 Å². The van der Waals surface area contributed by atoms with Crippen LogP contribution >= 0.6 is 11.3 Å². The molecule has 1 atom stereocenters. The normalized spacial score (nSPS) is 20.6. The maximum Gasteiger partial charge on any atom is 0.261 e. The minimum atomic E-state index is 0.0427. The molecule has 1 aliphatic carbocycles. The number of aromatic nitrogens is 2. The van der Waals surface area contributed by atoms with E-state index in [1.807, 2.05) is 17.5 Å². The zero-order valence-electron chi connectivity index (χ0n) is 15.3. The SMILES string of the molecule is O=C(NC1CCN(c2nc3ccccc3n2C2CCCC2)C1)c1cccs1. The number of para-hydroxylation sites is 2. The zero-order chi connectivity index (χ0) is 18.2. The molecule has 140 valence electrons. The molecule has 1 unspecified atom stereocenters. The van der Waals surface area contributed by atoms with Gasteiger partial charge in [0.1, 0.15) is 0 Å². The molecule has 2 aliphatic rings. The van der Waals surface area contributed by atoms with E-state index < -0.39 is 0 Å². The van der Waals surface area contributed by atoms with E-state index >= 15 is 0 Å². The smallest absolute Gasteiger partial charge is 0.261 e. The van der Waals surface area contributed by atoms with Crippen molar-refractivity contribution >= 4 is 34.2 Å². The van der Waals surface area contributed by atoms with Crippen molar-refractivity contribution in [2.24, 2.45) is 0 Å². The number of thiophene rings is 1. The number of hydrogen-bond donors (Lipinski definition) is 1. The van der Waals surface area contributed by atoms with E-state index in [2.05, 4.69) is 39.0 Å². The Kier molecular flexibility index (Phi) is 4.36. The van der Waals surface area contributed by atoms with Crippen LogP contribution in [0.15, 0.2) is 41.8 Å². The molecule has 6 heteroatoms. The van der Waals surface area contributed by atoms with Crippen LogP contribution in [0.4, 0.5) is 5.95 Å². The second-order valence-electron chi connectivity index (χ2n) is 7.59. The number of carbonyl (C=O) groups is 1. The number of fused-ring (bicyclic) bond motifs is 1. The molecule has 1 aliphatic heterocycles. The summed E-state index contributed by atoms with van der Waals surface area (Å²) in [5, 5.41) is 5.14. The predicted molar refractivity (Wildman–Crippen MR) is 110 cm³/mol. The third-order valence-electron chi connectivity index (χ3n) is 5.82. The summed E-state index contributed by atoms with van der Waals surface area (Å²) in [6.45, 7) is 1.76. The van der Waals surface area contributed by atoms with Crippen LogP contribution in [0.25, 0.3) is 11.0 Å². The topological polar surface area (TPSA) is 50.2 Å². The fourth-order valence-electron chi connectivity index (χ4n) is 4.50. The van der Waals surface area contributed by atoms with Gasteiger partial charge in [-0.1, -0.05) is 31.0 Å². The molecule has 3 aromatic rings. The molecule has 0 radical (unpaired) electrons. The van der Waals surface area contributed by atoms with Crippen molar-refractivity contribution in [1.29, 1.82) is 0 Å². The van der Waals surface area contributed by atoms with Crippen molar-refractivity contribution in [3.05, 3.63) is 46.7 Å². The Balaban J connectivity index is 1.39. The molecular weight excluding hydrogens is 356 g/mol. The lowest BCUT2D eigenvalue weighted by atomic mass is 10.2. The largest absolute Gasteiger partial charge is 0.347 e. The fraction of sp³-hybridized carbons (Fsp3) is 0.429. The van der Waals surface area contributed by atoms with Gasteiger partial charge in [0.05, 0.1) is 15.9 Å². The van der Waals surface area contributed by atoms with Gasteiger partial charge in [0.15, 0.2) is 0 Å². The molecular formula is C21H24N4OS. The van der Waals surface area contributed by atoms with Crippen LogP contribution in [0, 0.1) is 0 Å². The van der Waals surface area contributed by atoms with Gasteiger partial charge in [-0.05, 0) is 42.8 Å². The van der Waals surface area contributed by atoms with Crippen molar-refractivity contribution in [1.82, 2.24) is 14.9 Å². The van der Waals surface area contributed by atoms with E-state index in [9.17, 15) is 4.79 Å². The lowest BCUT2D eigenvalue weighted by Crippen LogP contribution is -2.37. The Hall–Kier alpha value is -2.34. The number of nitrogens with zero attached hydrogens (tertiary/aromatic N) is 3. The number of imidazole rings is 1. The number of nitrogens with one attached hydrogen (secondary N) is 1. The Labute approximate surface area is 163 Å². The number of benzene rings is 1. The van der Waals surface area contributed by atoms with Gasteiger partial charge in [0.2, 0.25) is 5.95 Å². The average Bonchev–Trinajstić information content (AvgIpc) is 3.46. The van der Waals surface area contributed by atoms with Gasteiger partial charge in [-0.15, -0.1) is 11.3 Å². The minimum Gasteiger partial charge on any atom is -0.347 e. The first-order chi connectivity index (χ1) is 13.3. The van der Waals surface area contributed by atoms with Crippen molar-refractivity contribution in [2.45, 2.75) is 44.2 Å². The number of anilines is 1. The van der Waals surface area contributed by atoms with E-state index in [4.69, 9.17) is 4.98 Å². The van der Waals surface area contributed by atoms with Crippen LogP contribution in [0.2, 0.25) is 0 Å². The lowest BCUT2D eigenvalue weighted by molar-refractivity contribution is 0.0944. The van der Waals surface area contributed by atoms with Crippen molar-refractivity contribution in [2.75, 3.05) is 18.0 Å². The monoisotopic (exact) mass is 380 g/mol. The molecule has 0 bridgehead atoms. The number of carbonyl (C=O) groups excluding carboxylic acids is 1. The third kappa shape index (κ3) is 3.12. The number of hydrogen-bond acceptors (Lipinski definition) is 4. The standard InChI is InChI=1S/C21H24N4OS/c26-20(19-10-5-13-27-19)22-15-11-12-24(14-15)21-23-17-8-3-4-9-18(17)25(21)16-6-1-2-7-16/h3-5,8-10,13,15-16H,1-2,6-7,11-12,14H2,(H,22,26). The van der Waals surface area contributed by atoms with E-state index in [1.54, 1.807) is 0 Å². The Bertz CT molecular complexity index is 942. The molecule has 2 fully saturated rings. The van der Waals surface area contributed by atoms with Gasteiger partial charge >= 0.3 is 0 Å². The van der Waals surface area contributed by atoms with E-state index in [0.29, 0.717) is 6.04 Å². The fourth-order valence-corrected chi connectivity index (χ4v) is 5.13. The summed E-state index contributed by atoms with van der Waals surface area (Å²) in [6, 6.07) is 13.0. The Morgan fingerprint density at radius 2 is 1.96 bits per heavy atom. The molecule has 27 heavy (non-hydrogen) atoms. The van der Waals surface area contributed by atoms with Gasteiger partial charge in [-0.3, -0.25) is 4.79 Å². The quantitative estimate of drug-likeness (QED) is 0.737. The highest BCUT2D eigenvalue weighted by molar-refractivity contribution is 7.12. The summed E-state index contributed by atoms with van der Waals surface area (Å²) in [6.07, 6.45) is 6.04. The molecule has 0 spiro atoms. The first kappa shape index (κ1) is 16.8. The maximum absolute atomic E-state index is 12.4. The van der Waals surface area contributed by atoms with Crippen molar-refractivity contribution in [3.8, 4) is 0 Å². The summed E-state index contributed by atoms with van der Waals surface area (Å²) in [7, 11) is 0. The molecule has 1 aromatic carbocycles. The average molecular weight is 381 g/mol. The molecule has 2 aromatic heterocycles. The van der Waals surface area contributed by atoms with Crippen LogP contribution in [0.5, 0.6) is 0 Å². The first-order valence-corrected chi connectivity index (χ1v) is 10.7. The summed E-state index contributed by atoms with van der Waals surface area (Å²) in [5.41, 5.74) is 2.32. The molecule has 5 rings (SSSR count). The highest BCUT2D eigenvalue weighted by atomic mass is 32.1. The molecule has 5 nitrogen and oxygen atoms in total. The van der Waals surface area contributed by atoms with E-state index in [1.165, 1.54) is 42.5 Å². The van der Waals surface area contributed by atoms with Crippen LogP contribution < -0.4 is 10.2 Å². The molecule has 1 saturated heterocycles.